The summed E-state index contributed by atoms with van der Waals surface area (Å²) in [6.07, 6.45) is -0.251. The molecule has 0 radical (unpaired) electrons. The van der Waals surface area contributed by atoms with Gasteiger partial charge >= 0.3 is 6.03 Å². The van der Waals surface area contributed by atoms with Crippen LogP contribution in [-0.2, 0) is 10.3 Å². The van der Waals surface area contributed by atoms with Crippen molar-refractivity contribution in [2.24, 2.45) is 0 Å². The lowest BCUT2D eigenvalue weighted by atomic mass is 9.91. The second kappa shape index (κ2) is 8.23. The fraction of sp³-hybridized carbons (Fsp3) is 0.364. The number of carbonyl (C=O) groups excluding carboxylic acids is 2. The van der Waals surface area contributed by atoms with Gasteiger partial charge in [-0.15, -0.1) is 0 Å². The third kappa shape index (κ3) is 3.91. The van der Waals surface area contributed by atoms with Gasteiger partial charge in [-0.05, 0) is 36.8 Å². The number of nitrogens with one attached hydrogen (secondary N) is 1. The van der Waals surface area contributed by atoms with Crippen LogP contribution in [-0.4, -0.2) is 54.4 Å². The minimum Gasteiger partial charge on any atom is -0.491 e. The van der Waals surface area contributed by atoms with E-state index in [0.29, 0.717) is 36.0 Å². The minimum atomic E-state index is -1.26. The van der Waals surface area contributed by atoms with Crippen molar-refractivity contribution in [3.8, 4) is 17.2 Å². The highest BCUT2D eigenvalue weighted by atomic mass is 16.5. The van der Waals surface area contributed by atoms with E-state index < -0.39 is 23.6 Å². The van der Waals surface area contributed by atoms with Crippen LogP contribution in [0.4, 0.5) is 4.79 Å². The number of ether oxygens (including phenoxy) is 3. The Morgan fingerprint density at radius 2 is 1.87 bits per heavy atom. The van der Waals surface area contributed by atoms with Gasteiger partial charge < -0.3 is 24.6 Å². The molecule has 2 aromatic carbocycles. The fourth-order valence-electron chi connectivity index (χ4n) is 3.51. The first-order valence-electron chi connectivity index (χ1n) is 9.87. The Morgan fingerprint density at radius 1 is 1.13 bits per heavy atom. The maximum atomic E-state index is 13.1. The molecule has 3 amide bonds. The van der Waals surface area contributed by atoms with E-state index in [0.717, 1.165) is 11.3 Å². The molecule has 2 heterocycles. The highest BCUT2D eigenvalue weighted by Crippen LogP contribution is 2.36. The van der Waals surface area contributed by atoms with E-state index in [9.17, 15) is 14.7 Å². The number of amides is 3. The van der Waals surface area contributed by atoms with E-state index in [-0.39, 0.29) is 13.2 Å². The van der Waals surface area contributed by atoms with Crippen molar-refractivity contribution in [1.29, 1.82) is 0 Å². The van der Waals surface area contributed by atoms with Crippen LogP contribution >= 0.6 is 0 Å². The molecule has 4 rings (SSSR count). The number of aliphatic hydroxyl groups is 1. The molecule has 2 N–H and O–H groups in total. The summed E-state index contributed by atoms with van der Waals surface area (Å²) >= 11 is 0. The molecule has 2 aromatic rings. The number of benzene rings is 2. The SMILES string of the molecule is C[C@@]1(c2ccc3c(c2)OCCCO3)NC(=O)N(C[C@H](O)COc2ccccc2)C1=O. The van der Waals surface area contributed by atoms with Crippen LogP contribution in [0.1, 0.15) is 18.9 Å². The highest BCUT2D eigenvalue weighted by Gasteiger charge is 2.49. The lowest BCUT2D eigenvalue weighted by Gasteiger charge is -2.24. The Labute approximate surface area is 174 Å². The first-order chi connectivity index (χ1) is 14.5. The van der Waals surface area contributed by atoms with Gasteiger partial charge in [0.25, 0.3) is 5.91 Å². The molecule has 158 valence electrons. The van der Waals surface area contributed by atoms with Gasteiger partial charge in [-0.3, -0.25) is 9.69 Å². The first-order valence-corrected chi connectivity index (χ1v) is 9.87. The zero-order chi connectivity index (χ0) is 21.1. The van der Waals surface area contributed by atoms with E-state index in [1.165, 1.54) is 0 Å². The van der Waals surface area contributed by atoms with E-state index >= 15 is 0 Å². The van der Waals surface area contributed by atoms with E-state index in [4.69, 9.17) is 14.2 Å². The largest absolute Gasteiger partial charge is 0.491 e. The highest BCUT2D eigenvalue weighted by molar-refractivity contribution is 6.07. The lowest BCUT2D eigenvalue weighted by Crippen LogP contribution is -2.42. The van der Waals surface area contributed by atoms with E-state index in [2.05, 4.69) is 5.32 Å². The second-order valence-electron chi connectivity index (χ2n) is 7.46. The number of para-hydroxylation sites is 1. The number of nitrogens with zero attached hydrogens (tertiary/aromatic N) is 1. The normalized spacial score (nSPS) is 21.7. The van der Waals surface area contributed by atoms with Gasteiger partial charge in [0.05, 0.1) is 19.8 Å². The van der Waals surface area contributed by atoms with Crippen LogP contribution in [0.3, 0.4) is 0 Å². The van der Waals surface area contributed by atoms with Crippen LogP contribution in [0.25, 0.3) is 0 Å². The zero-order valence-electron chi connectivity index (χ0n) is 16.7. The molecule has 2 atom stereocenters. The maximum Gasteiger partial charge on any atom is 0.325 e. The smallest absolute Gasteiger partial charge is 0.325 e. The molecule has 2 aliphatic heterocycles. The predicted octanol–water partition coefficient (Wildman–Crippen LogP) is 2.05. The summed E-state index contributed by atoms with van der Waals surface area (Å²) in [6, 6.07) is 13.7. The van der Waals surface area contributed by atoms with Gasteiger partial charge in [-0.25, -0.2) is 4.79 Å². The Hall–Kier alpha value is -3.26. The van der Waals surface area contributed by atoms with Crippen LogP contribution in [0, 0.1) is 0 Å². The summed E-state index contributed by atoms with van der Waals surface area (Å²) in [7, 11) is 0. The van der Waals surface area contributed by atoms with Crippen molar-refractivity contribution in [2.45, 2.75) is 25.0 Å². The van der Waals surface area contributed by atoms with Gasteiger partial charge in [0, 0.05) is 6.42 Å². The number of urea groups is 1. The summed E-state index contributed by atoms with van der Waals surface area (Å²) in [5, 5.41) is 13.0. The average molecular weight is 412 g/mol. The number of imide groups is 1. The zero-order valence-corrected chi connectivity index (χ0v) is 16.7. The fourth-order valence-corrected chi connectivity index (χ4v) is 3.51. The Kier molecular flexibility index (Phi) is 5.50. The van der Waals surface area contributed by atoms with Crippen LogP contribution < -0.4 is 19.5 Å². The minimum absolute atomic E-state index is 0.0399. The van der Waals surface area contributed by atoms with Crippen molar-refractivity contribution in [3.63, 3.8) is 0 Å². The summed E-state index contributed by atoms with van der Waals surface area (Å²) in [4.78, 5) is 26.6. The molecule has 1 saturated heterocycles. The van der Waals surface area contributed by atoms with Gasteiger partial charge in [-0.2, -0.15) is 0 Å². The number of carbonyl (C=O) groups is 2. The molecule has 0 aromatic heterocycles. The van der Waals surface area contributed by atoms with Crippen LogP contribution in [0.5, 0.6) is 17.2 Å². The molecular weight excluding hydrogens is 388 g/mol. The molecule has 30 heavy (non-hydrogen) atoms. The van der Waals surface area contributed by atoms with E-state index in [1.54, 1.807) is 37.3 Å². The number of β-amino-alcohol motifs (C(OH)–C–C–N with tert-alkyl or cyclic N) is 1. The summed E-state index contributed by atoms with van der Waals surface area (Å²) in [5.41, 5.74) is -0.676. The van der Waals surface area contributed by atoms with Gasteiger partial charge in [0.15, 0.2) is 11.5 Å². The van der Waals surface area contributed by atoms with Gasteiger partial charge in [0.1, 0.15) is 24.0 Å². The molecule has 0 aliphatic carbocycles. The van der Waals surface area contributed by atoms with Crippen LogP contribution in [0.15, 0.2) is 48.5 Å². The maximum absolute atomic E-state index is 13.1. The molecular formula is C22H24N2O6. The summed E-state index contributed by atoms with van der Waals surface area (Å²) in [5.74, 6) is 1.32. The molecule has 0 bridgehead atoms. The van der Waals surface area contributed by atoms with Crippen molar-refractivity contribution in [1.82, 2.24) is 10.2 Å². The van der Waals surface area contributed by atoms with Crippen molar-refractivity contribution >= 4 is 11.9 Å². The van der Waals surface area contributed by atoms with Crippen molar-refractivity contribution in [2.75, 3.05) is 26.4 Å². The number of hydrogen-bond donors (Lipinski definition) is 2. The molecule has 0 unspecified atom stereocenters. The third-order valence-electron chi connectivity index (χ3n) is 5.18. The monoisotopic (exact) mass is 412 g/mol. The molecule has 0 spiro atoms. The third-order valence-corrected chi connectivity index (χ3v) is 5.18. The van der Waals surface area contributed by atoms with Gasteiger partial charge in [0.2, 0.25) is 0 Å². The summed E-state index contributed by atoms with van der Waals surface area (Å²) < 4.78 is 16.8. The van der Waals surface area contributed by atoms with Crippen LogP contribution in [0.2, 0.25) is 0 Å². The second-order valence-corrected chi connectivity index (χ2v) is 7.46. The Morgan fingerprint density at radius 3 is 2.63 bits per heavy atom. The molecule has 0 saturated carbocycles. The Bertz CT molecular complexity index is 934. The topological polar surface area (TPSA) is 97.3 Å². The number of aliphatic hydroxyl groups excluding tert-OH is 1. The lowest BCUT2D eigenvalue weighted by molar-refractivity contribution is -0.132. The molecule has 8 nitrogen and oxygen atoms in total. The van der Waals surface area contributed by atoms with E-state index in [1.807, 2.05) is 18.2 Å². The molecule has 8 heteroatoms. The standard InChI is InChI=1S/C22H24N2O6/c1-22(15-8-9-18-19(12-15)29-11-5-10-28-18)20(26)24(21(27)23-22)13-16(25)14-30-17-6-3-2-4-7-17/h2-4,6-9,12,16,25H,5,10-11,13-14H2,1H3,(H,23,27)/t16-,22-/m0/s1. The Balaban J connectivity index is 1.45. The van der Waals surface area contributed by atoms with Crippen molar-refractivity contribution in [3.05, 3.63) is 54.1 Å². The molecule has 1 fully saturated rings. The number of rotatable bonds is 6. The quantitative estimate of drug-likeness (QED) is 0.705. The first kappa shape index (κ1) is 20.0. The number of fused-ring (bicyclic) bond motifs is 1. The summed E-state index contributed by atoms with van der Waals surface area (Å²) in [6.45, 7) is 2.52. The van der Waals surface area contributed by atoms with Crippen molar-refractivity contribution < 1.29 is 28.9 Å². The average Bonchev–Trinajstić information content (AvgIpc) is 2.92. The molecule has 2 aliphatic rings. The predicted molar refractivity (Wildman–Crippen MR) is 108 cm³/mol. The van der Waals surface area contributed by atoms with Gasteiger partial charge in [-0.1, -0.05) is 24.3 Å². The number of hydrogen-bond acceptors (Lipinski definition) is 6.